The average Bonchev–Trinajstić information content (AvgIpc) is 2.84. The van der Waals surface area contributed by atoms with Crippen molar-refractivity contribution in [1.82, 2.24) is 5.32 Å². The molecular weight excluding hydrogens is 253 g/mol. The highest BCUT2D eigenvalue weighted by molar-refractivity contribution is 6.32. The molecule has 1 aromatic carbocycles. The molecule has 1 aliphatic rings. The molecule has 0 heterocycles. The number of benzene rings is 1. The Morgan fingerprint density at radius 2 is 2.00 bits per heavy atom. The van der Waals surface area contributed by atoms with Crippen molar-refractivity contribution in [3.8, 4) is 0 Å². The maximum atomic E-state index is 14.0. The Morgan fingerprint density at radius 3 is 2.56 bits per heavy atom. The van der Waals surface area contributed by atoms with Gasteiger partial charge in [-0.15, -0.1) is 0 Å². The summed E-state index contributed by atoms with van der Waals surface area (Å²) in [6.07, 6.45) is 2.87. The molecular formula is C14H19ClFNO. The van der Waals surface area contributed by atoms with Crippen LogP contribution in [-0.2, 0) is 0 Å². The molecule has 2 rings (SSSR count). The monoisotopic (exact) mass is 271 g/mol. The first kappa shape index (κ1) is 13.8. The van der Waals surface area contributed by atoms with Crippen LogP contribution in [0.3, 0.4) is 0 Å². The Hall–Kier alpha value is -0.640. The molecule has 0 saturated heterocycles. The Kier molecular flexibility index (Phi) is 3.95. The first-order chi connectivity index (χ1) is 8.52. The predicted molar refractivity (Wildman–Crippen MR) is 71.4 cm³/mol. The van der Waals surface area contributed by atoms with Gasteiger partial charge in [-0.05, 0) is 38.4 Å². The van der Waals surface area contributed by atoms with E-state index >= 15 is 0 Å². The summed E-state index contributed by atoms with van der Waals surface area (Å²) in [7, 11) is 1.82. The van der Waals surface area contributed by atoms with Crippen LogP contribution in [0.1, 0.15) is 42.9 Å². The van der Waals surface area contributed by atoms with Crippen molar-refractivity contribution in [3.63, 3.8) is 0 Å². The molecule has 1 aromatic rings. The second kappa shape index (κ2) is 5.16. The van der Waals surface area contributed by atoms with E-state index in [1.165, 1.54) is 6.07 Å². The van der Waals surface area contributed by atoms with E-state index in [2.05, 4.69) is 5.32 Å². The smallest absolute Gasteiger partial charge is 0.130 e. The highest BCUT2D eigenvalue weighted by atomic mass is 35.5. The van der Waals surface area contributed by atoms with E-state index in [1.54, 1.807) is 6.07 Å². The number of hydrogen-bond acceptors (Lipinski definition) is 2. The topological polar surface area (TPSA) is 32.3 Å². The summed E-state index contributed by atoms with van der Waals surface area (Å²) >= 11 is 6.16. The van der Waals surface area contributed by atoms with Crippen LogP contribution in [-0.4, -0.2) is 17.7 Å². The van der Waals surface area contributed by atoms with Gasteiger partial charge in [0.15, 0.2) is 0 Å². The van der Waals surface area contributed by atoms with Gasteiger partial charge in [0.2, 0.25) is 0 Å². The van der Waals surface area contributed by atoms with Gasteiger partial charge in [-0.1, -0.05) is 30.5 Å². The summed E-state index contributed by atoms with van der Waals surface area (Å²) < 4.78 is 14.0. The zero-order chi connectivity index (χ0) is 13.3. The zero-order valence-corrected chi connectivity index (χ0v) is 11.5. The Balaban J connectivity index is 2.45. The lowest BCUT2D eigenvalue weighted by molar-refractivity contribution is 0.0637. The Labute approximate surface area is 112 Å². The standard InChI is InChI=1S/C14H19ClFNO/c1-9-5-6-10(16)11(12(9)15)13(18)14(17-2)7-3-4-8-14/h5-6,13,17-18H,3-4,7-8H2,1-2H3. The highest BCUT2D eigenvalue weighted by Gasteiger charge is 2.41. The van der Waals surface area contributed by atoms with Crippen molar-refractivity contribution in [2.24, 2.45) is 0 Å². The number of aliphatic hydroxyl groups is 1. The summed E-state index contributed by atoms with van der Waals surface area (Å²) in [6, 6.07) is 3.01. The maximum Gasteiger partial charge on any atom is 0.130 e. The molecule has 1 aliphatic carbocycles. The number of likely N-dealkylation sites (N-methyl/N-ethyl adjacent to an activating group) is 1. The molecule has 18 heavy (non-hydrogen) atoms. The summed E-state index contributed by atoms with van der Waals surface area (Å²) in [5, 5.41) is 14.1. The van der Waals surface area contributed by atoms with E-state index in [0.717, 1.165) is 31.2 Å². The van der Waals surface area contributed by atoms with Crippen molar-refractivity contribution < 1.29 is 9.50 Å². The summed E-state index contributed by atoms with van der Waals surface area (Å²) in [5.74, 6) is -0.431. The van der Waals surface area contributed by atoms with Crippen LogP contribution in [0, 0.1) is 12.7 Å². The van der Waals surface area contributed by atoms with E-state index in [0.29, 0.717) is 5.02 Å². The SMILES string of the molecule is CNC1(C(O)c2c(F)ccc(C)c2Cl)CCCC1. The molecule has 100 valence electrons. The Morgan fingerprint density at radius 1 is 1.39 bits per heavy atom. The minimum Gasteiger partial charge on any atom is -0.386 e. The first-order valence-corrected chi connectivity index (χ1v) is 6.71. The number of aliphatic hydroxyl groups excluding tert-OH is 1. The molecule has 1 fully saturated rings. The molecule has 0 bridgehead atoms. The van der Waals surface area contributed by atoms with Crippen LogP contribution in [0.5, 0.6) is 0 Å². The predicted octanol–water partition coefficient (Wildman–Crippen LogP) is 3.35. The van der Waals surface area contributed by atoms with Crippen LogP contribution in [0.4, 0.5) is 4.39 Å². The van der Waals surface area contributed by atoms with Crippen molar-refractivity contribution in [2.45, 2.75) is 44.2 Å². The molecule has 0 aliphatic heterocycles. The van der Waals surface area contributed by atoms with Crippen molar-refractivity contribution in [3.05, 3.63) is 34.1 Å². The largest absolute Gasteiger partial charge is 0.386 e. The van der Waals surface area contributed by atoms with E-state index in [9.17, 15) is 9.50 Å². The number of nitrogens with one attached hydrogen (secondary N) is 1. The molecule has 0 aromatic heterocycles. The molecule has 1 saturated carbocycles. The van der Waals surface area contributed by atoms with E-state index in [-0.39, 0.29) is 5.56 Å². The number of aryl methyl sites for hydroxylation is 1. The van der Waals surface area contributed by atoms with Gasteiger partial charge in [-0.3, -0.25) is 0 Å². The second-order valence-corrected chi connectivity index (χ2v) is 5.49. The zero-order valence-electron chi connectivity index (χ0n) is 10.8. The lowest BCUT2D eigenvalue weighted by Gasteiger charge is -2.35. The van der Waals surface area contributed by atoms with Crippen LogP contribution >= 0.6 is 11.6 Å². The van der Waals surface area contributed by atoms with Gasteiger partial charge in [0, 0.05) is 11.1 Å². The van der Waals surface area contributed by atoms with Gasteiger partial charge in [-0.2, -0.15) is 0 Å². The third-order valence-corrected chi connectivity index (χ3v) is 4.61. The van der Waals surface area contributed by atoms with Gasteiger partial charge < -0.3 is 10.4 Å². The minimum absolute atomic E-state index is 0.230. The third kappa shape index (κ3) is 2.15. The van der Waals surface area contributed by atoms with Crippen LogP contribution < -0.4 is 5.32 Å². The molecule has 2 N–H and O–H groups in total. The van der Waals surface area contributed by atoms with Crippen LogP contribution in [0.15, 0.2) is 12.1 Å². The molecule has 0 amide bonds. The summed E-state index contributed by atoms with van der Waals surface area (Å²) in [6.45, 7) is 1.82. The Bertz CT molecular complexity index is 444. The number of halogens is 2. The summed E-state index contributed by atoms with van der Waals surface area (Å²) in [5.41, 5.74) is 0.572. The van der Waals surface area contributed by atoms with Crippen molar-refractivity contribution >= 4 is 11.6 Å². The molecule has 1 atom stereocenters. The van der Waals surface area contributed by atoms with E-state index in [1.807, 2.05) is 14.0 Å². The molecule has 2 nitrogen and oxygen atoms in total. The number of hydrogen-bond donors (Lipinski definition) is 2. The quantitative estimate of drug-likeness (QED) is 0.884. The minimum atomic E-state index is -0.905. The summed E-state index contributed by atoms with van der Waals surface area (Å²) in [4.78, 5) is 0. The maximum absolute atomic E-state index is 14.0. The number of rotatable bonds is 3. The fourth-order valence-electron chi connectivity index (χ4n) is 2.87. The normalized spacial score (nSPS) is 20.1. The first-order valence-electron chi connectivity index (χ1n) is 6.33. The van der Waals surface area contributed by atoms with Crippen LogP contribution in [0.2, 0.25) is 5.02 Å². The fraction of sp³-hybridized carbons (Fsp3) is 0.571. The van der Waals surface area contributed by atoms with Gasteiger partial charge >= 0.3 is 0 Å². The molecule has 0 spiro atoms. The van der Waals surface area contributed by atoms with Gasteiger partial charge in [-0.25, -0.2) is 4.39 Å². The molecule has 1 unspecified atom stereocenters. The lowest BCUT2D eigenvalue weighted by Crippen LogP contribution is -2.46. The average molecular weight is 272 g/mol. The second-order valence-electron chi connectivity index (χ2n) is 5.11. The van der Waals surface area contributed by atoms with E-state index in [4.69, 9.17) is 11.6 Å². The molecule has 4 heteroatoms. The van der Waals surface area contributed by atoms with Gasteiger partial charge in [0.05, 0.1) is 5.02 Å². The van der Waals surface area contributed by atoms with Gasteiger partial charge in [0.25, 0.3) is 0 Å². The lowest BCUT2D eigenvalue weighted by atomic mass is 9.85. The van der Waals surface area contributed by atoms with Gasteiger partial charge in [0.1, 0.15) is 11.9 Å². The highest BCUT2D eigenvalue weighted by Crippen LogP contribution is 2.42. The fourth-order valence-corrected chi connectivity index (χ4v) is 3.13. The molecule has 0 radical (unpaired) electrons. The van der Waals surface area contributed by atoms with Crippen LogP contribution in [0.25, 0.3) is 0 Å². The van der Waals surface area contributed by atoms with Crippen molar-refractivity contribution in [2.75, 3.05) is 7.05 Å². The van der Waals surface area contributed by atoms with Crippen molar-refractivity contribution in [1.29, 1.82) is 0 Å². The third-order valence-electron chi connectivity index (χ3n) is 4.11. The van der Waals surface area contributed by atoms with E-state index < -0.39 is 17.5 Å².